The normalized spacial score (nSPS) is 10.7. The van der Waals surface area contributed by atoms with Gasteiger partial charge in [0.15, 0.2) is 6.61 Å². The van der Waals surface area contributed by atoms with E-state index in [1.807, 2.05) is 66.7 Å². The molecule has 0 atom stereocenters. The Morgan fingerprint density at radius 2 is 1.65 bits per heavy atom. The number of rotatable bonds is 7. The zero-order valence-electron chi connectivity index (χ0n) is 15.1. The summed E-state index contributed by atoms with van der Waals surface area (Å²) in [4.78, 5) is 12.1. The highest BCUT2D eigenvalue weighted by Crippen LogP contribution is 2.21. The molecule has 0 saturated heterocycles. The molecule has 1 N–H and O–H groups in total. The SMILES string of the molecule is CC(C)COc1cccc(NC(=O)COc2ccc3ccccc3c2)c1. The van der Waals surface area contributed by atoms with Gasteiger partial charge >= 0.3 is 0 Å². The van der Waals surface area contributed by atoms with Crippen molar-refractivity contribution in [3.63, 3.8) is 0 Å². The van der Waals surface area contributed by atoms with Gasteiger partial charge in [0.2, 0.25) is 0 Å². The van der Waals surface area contributed by atoms with E-state index in [9.17, 15) is 4.79 Å². The van der Waals surface area contributed by atoms with Crippen molar-refractivity contribution >= 4 is 22.4 Å². The molecule has 134 valence electrons. The van der Waals surface area contributed by atoms with Crippen molar-refractivity contribution < 1.29 is 14.3 Å². The second-order valence-electron chi connectivity index (χ2n) is 6.58. The monoisotopic (exact) mass is 349 g/mol. The van der Waals surface area contributed by atoms with Gasteiger partial charge in [-0.2, -0.15) is 0 Å². The average molecular weight is 349 g/mol. The lowest BCUT2D eigenvalue weighted by atomic mass is 10.1. The van der Waals surface area contributed by atoms with Crippen LogP contribution in [0.1, 0.15) is 13.8 Å². The van der Waals surface area contributed by atoms with Gasteiger partial charge in [-0.1, -0.05) is 50.2 Å². The molecular formula is C22H23NO3. The maximum absolute atomic E-state index is 12.1. The minimum atomic E-state index is -0.209. The van der Waals surface area contributed by atoms with E-state index in [1.165, 1.54) is 0 Å². The molecule has 26 heavy (non-hydrogen) atoms. The summed E-state index contributed by atoms with van der Waals surface area (Å²) >= 11 is 0. The van der Waals surface area contributed by atoms with Crippen LogP contribution in [0.2, 0.25) is 0 Å². The van der Waals surface area contributed by atoms with E-state index in [1.54, 1.807) is 0 Å². The fraction of sp³-hybridized carbons (Fsp3) is 0.227. The second-order valence-corrected chi connectivity index (χ2v) is 6.58. The highest BCUT2D eigenvalue weighted by Gasteiger charge is 2.06. The molecule has 1 amide bonds. The number of nitrogens with one attached hydrogen (secondary N) is 1. The van der Waals surface area contributed by atoms with Crippen molar-refractivity contribution in [3.05, 3.63) is 66.7 Å². The summed E-state index contributed by atoms with van der Waals surface area (Å²) in [5.41, 5.74) is 0.693. The summed E-state index contributed by atoms with van der Waals surface area (Å²) < 4.78 is 11.3. The van der Waals surface area contributed by atoms with Crippen molar-refractivity contribution in [2.24, 2.45) is 5.92 Å². The van der Waals surface area contributed by atoms with Crippen LogP contribution in [0.3, 0.4) is 0 Å². The Morgan fingerprint density at radius 3 is 2.46 bits per heavy atom. The van der Waals surface area contributed by atoms with E-state index in [2.05, 4.69) is 19.2 Å². The molecule has 4 nitrogen and oxygen atoms in total. The molecule has 0 fully saturated rings. The lowest BCUT2D eigenvalue weighted by molar-refractivity contribution is -0.118. The first-order valence-corrected chi connectivity index (χ1v) is 8.74. The zero-order valence-corrected chi connectivity index (χ0v) is 15.1. The lowest BCUT2D eigenvalue weighted by Gasteiger charge is -2.11. The predicted octanol–water partition coefficient (Wildman–Crippen LogP) is 4.89. The molecule has 0 aromatic heterocycles. The van der Waals surface area contributed by atoms with Crippen LogP contribution in [-0.2, 0) is 4.79 Å². The fourth-order valence-corrected chi connectivity index (χ4v) is 2.53. The molecule has 0 unspecified atom stereocenters. The van der Waals surface area contributed by atoms with Crippen LogP contribution in [0.5, 0.6) is 11.5 Å². The number of carbonyl (C=O) groups is 1. The number of ether oxygens (including phenoxy) is 2. The van der Waals surface area contributed by atoms with Crippen molar-refractivity contribution in [3.8, 4) is 11.5 Å². The molecule has 0 aliphatic heterocycles. The Kier molecular flexibility index (Phi) is 5.74. The van der Waals surface area contributed by atoms with Gasteiger partial charge in [0.25, 0.3) is 5.91 Å². The molecular weight excluding hydrogens is 326 g/mol. The van der Waals surface area contributed by atoms with Crippen LogP contribution in [-0.4, -0.2) is 19.1 Å². The van der Waals surface area contributed by atoms with Crippen LogP contribution in [0.25, 0.3) is 10.8 Å². The molecule has 3 rings (SSSR count). The first-order chi connectivity index (χ1) is 12.6. The summed E-state index contributed by atoms with van der Waals surface area (Å²) in [5.74, 6) is 1.66. The highest BCUT2D eigenvalue weighted by atomic mass is 16.5. The van der Waals surface area contributed by atoms with Crippen LogP contribution in [0.15, 0.2) is 66.7 Å². The Bertz CT molecular complexity index is 889. The molecule has 0 radical (unpaired) electrons. The Hall–Kier alpha value is -3.01. The minimum Gasteiger partial charge on any atom is -0.493 e. The van der Waals surface area contributed by atoms with Gasteiger partial charge in [0.05, 0.1) is 6.61 Å². The standard InChI is InChI=1S/C22H23NO3/c1-16(2)14-25-20-9-5-8-19(13-20)23-22(24)15-26-21-11-10-17-6-3-4-7-18(17)12-21/h3-13,16H,14-15H2,1-2H3,(H,23,24). The zero-order chi connectivity index (χ0) is 18.4. The number of benzene rings is 3. The Labute approximate surface area is 153 Å². The fourth-order valence-electron chi connectivity index (χ4n) is 2.53. The first kappa shape index (κ1) is 17.8. The van der Waals surface area contributed by atoms with Gasteiger partial charge in [0, 0.05) is 11.8 Å². The number of amides is 1. The molecule has 3 aromatic carbocycles. The summed E-state index contributed by atoms with van der Waals surface area (Å²) in [5, 5.41) is 5.06. The third-order valence-corrected chi connectivity index (χ3v) is 3.79. The number of hydrogen-bond acceptors (Lipinski definition) is 3. The van der Waals surface area contributed by atoms with Crippen molar-refractivity contribution in [1.29, 1.82) is 0 Å². The largest absolute Gasteiger partial charge is 0.493 e. The quantitative estimate of drug-likeness (QED) is 0.660. The van der Waals surface area contributed by atoms with E-state index < -0.39 is 0 Å². The topological polar surface area (TPSA) is 47.6 Å². The summed E-state index contributed by atoms with van der Waals surface area (Å²) in [6, 6.07) is 21.2. The van der Waals surface area contributed by atoms with E-state index in [0.29, 0.717) is 24.0 Å². The van der Waals surface area contributed by atoms with Crippen LogP contribution >= 0.6 is 0 Å². The van der Waals surface area contributed by atoms with Gasteiger partial charge in [-0.15, -0.1) is 0 Å². The van der Waals surface area contributed by atoms with Crippen molar-refractivity contribution in [1.82, 2.24) is 0 Å². The second kappa shape index (κ2) is 8.39. The van der Waals surface area contributed by atoms with Crippen LogP contribution in [0.4, 0.5) is 5.69 Å². The highest BCUT2D eigenvalue weighted by molar-refractivity contribution is 5.92. The van der Waals surface area contributed by atoms with Crippen molar-refractivity contribution in [2.45, 2.75) is 13.8 Å². The Morgan fingerprint density at radius 1 is 0.885 bits per heavy atom. The van der Waals surface area contributed by atoms with Gasteiger partial charge < -0.3 is 14.8 Å². The maximum Gasteiger partial charge on any atom is 0.262 e. The van der Waals surface area contributed by atoms with Gasteiger partial charge in [-0.3, -0.25) is 4.79 Å². The smallest absolute Gasteiger partial charge is 0.262 e. The molecule has 0 aliphatic rings. The van der Waals surface area contributed by atoms with Gasteiger partial charge in [0.1, 0.15) is 11.5 Å². The van der Waals surface area contributed by atoms with Gasteiger partial charge in [-0.05, 0) is 41.0 Å². The molecule has 0 bridgehead atoms. The third-order valence-electron chi connectivity index (χ3n) is 3.79. The lowest BCUT2D eigenvalue weighted by Crippen LogP contribution is -2.20. The molecule has 4 heteroatoms. The van der Waals surface area contributed by atoms with E-state index in [-0.39, 0.29) is 12.5 Å². The molecule has 0 heterocycles. The maximum atomic E-state index is 12.1. The summed E-state index contributed by atoms with van der Waals surface area (Å²) in [6.07, 6.45) is 0. The predicted molar refractivity (Wildman–Crippen MR) is 105 cm³/mol. The summed E-state index contributed by atoms with van der Waals surface area (Å²) in [7, 11) is 0. The van der Waals surface area contributed by atoms with E-state index in [4.69, 9.17) is 9.47 Å². The molecule has 3 aromatic rings. The summed E-state index contributed by atoms with van der Waals surface area (Å²) in [6.45, 7) is 4.78. The van der Waals surface area contributed by atoms with Gasteiger partial charge in [-0.25, -0.2) is 0 Å². The average Bonchev–Trinajstić information content (AvgIpc) is 2.65. The molecule has 0 spiro atoms. The minimum absolute atomic E-state index is 0.0462. The van der Waals surface area contributed by atoms with Crippen LogP contribution in [0, 0.1) is 5.92 Å². The number of hydrogen-bond donors (Lipinski definition) is 1. The molecule has 0 aliphatic carbocycles. The first-order valence-electron chi connectivity index (χ1n) is 8.74. The third kappa shape index (κ3) is 4.99. The van der Waals surface area contributed by atoms with E-state index in [0.717, 1.165) is 16.5 Å². The number of carbonyl (C=O) groups excluding carboxylic acids is 1. The van der Waals surface area contributed by atoms with E-state index >= 15 is 0 Å². The van der Waals surface area contributed by atoms with Crippen molar-refractivity contribution in [2.75, 3.05) is 18.5 Å². The molecule has 0 saturated carbocycles. The van der Waals surface area contributed by atoms with Crippen LogP contribution < -0.4 is 14.8 Å². The Balaban J connectivity index is 1.55. The number of anilines is 1. The number of fused-ring (bicyclic) bond motifs is 1.